The fourth-order valence-corrected chi connectivity index (χ4v) is 3.48. The maximum atomic E-state index is 13.0. The average Bonchev–Trinajstić information content (AvgIpc) is 2.82. The summed E-state index contributed by atoms with van der Waals surface area (Å²) in [5.74, 6) is 0.207. The van der Waals surface area contributed by atoms with E-state index < -0.39 is 6.10 Å². The van der Waals surface area contributed by atoms with Gasteiger partial charge in [-0.05, 0) is 41.5 Å². The molecule has 0 aliphatic carbocycles. The predicted molar refractivity (Wildman–Crippen MR) is 124 cm³/mol. The second-order valence-electron chi connectivity index (χ2n) is 7.25. The molecule has 4 rings (SSSR count). The number of nitrogens with one attached hydrogen (secondary N) is 1. The number of hydrogen-bond acceptors (Lipinski definition) is 3. The van der Waals surface area contributed by atoms with Crippen molar-refractivity contribution in [3.8, 4) is 5.75 Å². The first-order valence-electron chi connectivity index (χ1n) is 10.3. The third-order valence-electron chi connectivity index (χ3n) is 5.13. The number of anilines is 1. The minimum Gasteiger partial charge on any atom is -0.481 e. The van der Waals surface area contributed by atoms with Gasteiger partial charge in [-0.2, -0.15) is 0 Å². The topological polar surface area (TPSA) is 55.4 Å². The van der Waals surface area contributed by atoms with Crippen molar-refractivity contribution in [2.75, 3.05) is 5.32 Å². The lowest BCUT2D eigenvalue weighted by Gasteiger charge is -2.19. The van der Waals surface area contributed by atoms with Gasteiger partial charge in [-0.25, -0.2) is 0 Å². The zero-order valence-corrected chi connectivity index (χ0v) is 17.2. The highest BCUT2D eigenvalue weighted by molar-refractivity contribution is 6.14. The molecule has 0 aliphatic rings. The molecule has 154 valence electrons. The van der Waals surface area contributed by atoms with Crippen LogP contribution in [0, 0.1) is 0 Å². The molecule has 0 aromatic heterocycles. The molecule has 4 heteroatoms. The highest BCUT2D eigenvalue weighted by atomic mass is 16.5. The minimum atomic E-state index is -0.680. The van der Waals surface area contributed by atoms with Crippen LogP contribution in [-0.4, -0.2) is 17.8 Å². The summed E-state index contributed by atoms with van der Waals surface area (Å²) in [6, 6.07) is 29.8. The maximum absolute atomic E-state index is 13.0. The van der Waals surface area contributed by atoms with Gasteiger partial charge in [-0.1, -0.05) is 79.7 Å². The number of fused-ring (bicyclic) bond motifs is 1. The zero-order valence-electron chi connectivity index (χ0n) is 17.2. The molecule has 4 aromatic carbocycles. The molecule has 0 spiro atoms. The smallest absolute Gasteiger partial charge is 0.265 e. The number of ether oxygens (including phenoxy) is 1. The molecular formula is C27H23NO3. The van der Waals surface area contributed by atoms with Crippen molar-refractivity contribution >= 4 is 28.2 Å². The molecule has 4 nitrogen and oxygen atoms in total. The lowest BCUT2D eigenvalue weighted by molar-refractivity contribution is -0.122. The molecule has 0 heterocycles. The number of rotatable bonds is 7. The Morgan fingerprint density at radius 2 is 1.48 bits per heavy atom. The van der Waals surface area contributed by atoms with E-state index in [4.69, 9.17) is 4.74 Å². The molecule has 0 bridgehead atoms. The van der Waals surface area contributed by atoms with Crippen molar-refractivity contribution in [2.45, 2.75) is 19.4 Å². The van der Waals surface area contributed by atoms with Gasteiger partial charge in [0.1, 0.15) is 5.75 Å². The lowest BCUT2D eigenvalue weighted by Crippen LogP contribution is -2.32. The van der Waals surface area contributed by atoms with Gasteiger partial charge < -0.3 is 10.1 Å². The molecular weight excluding hydrogens is 386 g/mol. The van der Waals surface area contributed by atoms with Gasteiger partial charge in [0.25, 0.3) is 5.91 Å². The van der Waals surface area contributed by atoms with Crippen LogP contribution in [0.3, 0.4) is 0 Å². The molecule has 4 aromatic rings. The summed E-state index contributed by atoms with van der Waals surface area (Å²) in [5, 5.41) is 5.05. The van der Waals surface area contributed by atoms with Crippen LogP contribution >= 0.6 is 0 Å². The van der Waals surface area contributed by atoms with Crippen molar-refractivity contribution in [3.05, 3.63) is 108 Å². The Morgan fingerprint density at radius 1 is 0.806 bits per heavy atom. The van der Waals surface area contributed by atoms with E-state index in [9.17, 15) is 9.59 Å². The highest BCUT2D eigenvalue weighted by Gasteiger charge is 2.21. The Balaban J connectivity index is 1.53. The van der Waals surface area contributed by atoms with Crippen molar-refractivity contribution < 1.29 is 14.3 Å². The van der Waals surface area contributed by atoms with Crippen LogP contribution in [0.1, 0.15) is 29.3 Å². The lowest BCUT2D eigenvalue weighted by atomic mass is 10.0. The summed E-state index contributed by atoms with van der Waals surface area (Å²) in [5.41, 5.74) is 1.49. The summed E-state index contributed by atoms with van der Waals surface area (Å²) >= 11 is 0. The standard InChI is InChI=1S/C27H23NO3/c1-2-25(31-22-17-16-19-10-6-7-13-21(19)18-22)27(30)28-24-15-9-8-14-23(24)26(29)20-11-4-3-5-12-20/h3-18,25H,2H2,1H3,(H,28,30)/t25-/m0/s1. The highest BCUT2D eigenvalue weighted by Crippen LogP contribution is 2.23. The number of amides is 1. The quantitative estimate of drug-likeness (QED) is 0.389. The Hall–Kier alpha value is -3.92. The second-order valence-corrected chi connectivity index (χ2v) is 7.25. The molecule has 0 fully saturated rings. The summed E-state index contributed by atoms with van der Waals surface area (Å²) in [4.78, 5) is 25.9. The normalized spacial score (nSPS) is 11.6. The molecule has 0 aliphatic heterocycles. The molecule has 1 N–H and O–H groups in total. The maximum Gasteiger partial charge on any atom is 0.265 e. The minimum absolute atomic E-state index is 0.139. The van der Waals surface area contributed by atoms with Crippen LogP contribution in [0.25, 0.3) is 10.8 Å². The Kier molecular flexibility index (Phi) is 6.08. The molecule has 31 heavy (non-hydrogen) atoms. The third kappa shape index (κ3) is 4.64. The van der Waals surface area contributed by atoms with Crippen molar-refractivity contribution in [2.24, 2.45) is 0 Å². The van der Waals surface area contributed by atoms with E-state index in [-0.39, 0.29) is 11.7 Å². The van der Waals surface area contributed by atoms with Crippen molar-refractivity contribution in [1.29, 1.82) is 0 Å². The third-order valence-corrected chi connectivity index (χ3v) is 5.13. The number of benzene rings is 4. The first-order chi connectivity index (χ1) is 15.2. The van der Waals surface area contributed by atoms with Gasteiger partial charge in [0.15, 0.2) is 11.9 Å². The van der Waals surface area contributed by atoms with Crippen LogP contribution in [0.15, 0.2) is 97.1 Å². The van der Waals surface area contributed by atoms with Crippen molar-refractivity contribution in [3.63, 3.8) is 0 Å². The molecule has 0 saturated heterocycles. The Bertz CT molecular complexity index is 1220. The van der Waals surface area contributed by atoms with Crippen LogP contribution in [0.2, 0.25) is 0 Å². The van der Waals surface area contributed by atoms with E-state index in [1.165, 1.54) is 0 Å². The Labute approximate surface area is 181 Å². The monoisotopic (exact) mass is 409 g/mol. The largest absolute Gasteiger partial charge is 0.481 e. The molecule has 0 radical (unpaired) electrons. The van der Waals surface area contributed by atoms with E-state index in [0.29, 0.717) is 29.0 Å². The average molecular weight is 409 g/mol. The van der Waals surface area contributed by atoms with E-state index in [2.05, 4.69) is 5.32 Å². The van der Waals surface area contributed by atoms with Gasteiger partial charge in [-0.15, -0.1) is 0 Å². The fraction of sp³-hybridized carbons (Fsp3) is 0.111. The second kappa shape index (κ2) is 9.26. The first-order valence-corrected chi connectivity index (χ1v) is 10.3. The summed E-state index contributed by atoms with van der Waals surface area (Å²) in [6.45, 7) is 1.90. The van der Waals surface area contributed by atoms with Crippen LogP contribution < -0.4 is 10.1 Å². The van der Waals surface area contributed by atoms with Crippen LogP contribution in [0.4, 0.5) is 5.69 Å². The number of hydrogen-bond donors (Lipinski definition) is 1. The zero-order chi connectivity index (χ0) is 21.6. The SMILES string of the molecule is CC[C@H](Oc1ccc2ccccc2c1)C(=O)Nc1ccccc1C(=O)c1ccccc1. The predicted octanol–water partition coefficient (Wildman–Crippen LogP) is 5.87. The summed E-state index contributed by atoms with van der Waals surface area (Å²) in [6.07, 6.45) is -0.186. The molecule has 1 atom stereocenters. The van der Waals surface area contributed by atoms with Crippen LogP contribution in [0.5, 0.6) is 5.75 Å². The summed E-state index contributed by atoms with van der Waals surface area (Å²) in [7, 11) is 0. The van der Waals surface area contributed by atoms with E-state index in [0.717, 1.165) is 10.8 Å². The molecule has 0 saturated carbocycles. The van der Waals surface area contributed by atoms with E-state index in [1.807, 2.05) is 67.6 Å². The van der Waals surface area contributed by atoms with E-state index >= 15 is 0 Å². The Morgan fingerprint density at radius 3 is 2.26 bits per heavy atom. The van der Waals surface area contributed by atoms with Crippen molar-refractivity contribution in [1.82, 2.24) is 0 Å². The first kappa shape index (κ1) is 20.4. The van der Waals surface area contributed by atoms with E-state index in [1.54, 1.807) is 36.4 Å². The number of ketones is 1. The van der Waals surface area contributed by atoms with Gasteiger partial charge in [-0.3, -0.25) is 9.59 Å². The summed E-state index contributed by atoms with van der Waals surface area (Å²) < 4.78 is 5.99. The molecule has 1 amide bonds. The number of carbonyl (C=O) groups is 2. The van der Waals surface area contributed by atoms with Gasteiger partial charge in [0.2, 0.25) is 0 Å². The fourth-order valence-electron chi connectivity index (χ4n) is 3.48. The van der Waals surface area contributed by atoms with Gasteiger partial charge in [0.05, 0.1) is 5.69 Å². The number of para-hydroxylation sites is 1. The van der Waals surface area contributed by atoms with Gasteiger partial charge >= 0.3 is 0 Å². The number of carbonyl (C=O) groups excluding carboxylic acids is 2. The van der Waals surface area contributed by atoms with Gasteiger partial charge in [0, 0.05) is 11.1 Å². The van der Waals surface area contributed by atoms with Crippen LogP contribution in [-0.2, 0) is 4.79 Å². The molecule has 0 unspecified atom stereocenters.